The van der Waals surface area contributed by atoms with E-state index >= 15 is 0 Å². The van der Waals surface area contributed by atoms with Gasteiger partial charge in [-0.05, 0) is 5.92 Å². The summed E-state index contributed by atoms with van der Waals surface area (Å²) in [6.45, 7) is 6.31. The molecule has 1 N–H and O–H groups in total. The molecule has 90 valence electrons. The first kappa shape index (κ1) is 12.3. The first-order chi connectivity index (χ1) is 7.59. The fraction of sp³-hybridized carbons (Fsp3) is 0.818. The molecular weight excluding hydrogens is 240 g/mol. The van der Waals surface area contributed by atoms with Crippen molar-refractivity contribution in [2.24, 2.45) is 10.9 Å². The zero-order valence-electron chi connectivity index (χ0n) is 9.90. The van der Waals surface area contributed by atoms with Gasteiger partial charge in [-0.15, -0.1) is 11.8 Å². The van der Waals surface area contributed by atoms with Crippen molar-refractivity contribution >= 4 is 35.3 Å². The molecule has 16 heavy (non-hydrogen) atoms. The Morgan fingerprint density at radius 3 is 2.62 bits per heavy atom. The number of nitrogens with zero attached hydrogens (tertiary/aromatic N) is 1. The Kier molecular flexibility index (Phi) is 3.85. The minimum atomic E-state index is -0.172. The van der Waals surface area contributed by atoms with Crippen LogP contribution in [0, 0.1) is 5.92 Å². The molecule has 0 aromatic rings. The SMILES string of the molecule is CC(C)C1N=C(C2SCCSC2C)NC1=O. The molecule has 1 fully saturated rings. The second-order valence-electron chi connectivity index (χ2n) is 4.56. The number of carbonyl (C=O) groups excluding carboxylic acids is 1. The average molecular weight is 258 g/mol. The minimum absolute atomic E-state index is 0.0772. The molecule has 0 aromatic carbocycles. The molecule has 2 heterocycles. The van der Waals surface area contributed by atoms with Crippen molar-refractivity contribution in [2.75, 3.05) is 11.5 Å². The number of amidine groups is 1. The lowest BCUT2D eigenvalue weighted by Crippen LogP contribution is -2.40. The number of amides is 1. The Morgan fingerprint density at radius 2 is 2.06 bits per heavy atom. The van der Waals surface area contributed by atoms with Gasteiger partial charge >= 0.3 is 0 Å². The molecule has 2 aliphatic rings. The standard InChI is InChI=1S/C11H18N2OS2/c1-6(2)8-11(14)13-10(12-8)9-7(3)15-4-5-16-9/h6-9H,4-5H2,1-3H3,(H,12,13,14). The van der Waals surface area contributed by atoms with Crippen molar-refractivity contribution in [1.29, 1.82) is 0 Å². The summed E-state index contributed by atoms with van der Waals surface area (Å²) in [6, 6.07) is -0.172. The number of carbonyl (C=O) groups is 1. The summed E-state index contributed by atoms with van der Waals surface area (Å²) in [5, 5.41) is 3.87. The van der Waals surface area contributed by atoms with Crippen LogP contribution in [0.5, 0.6) is 0 Å². The van der Waals surface area contributed by atoms with Crippen LogP contribution in [-0.4, -0.2) is 39.8 Å². The molecule has 3 unspecified atom stereocenters. The van der Waals surface area contributed by atoms with Gasteiger partial charge in [-0.25, -0.2) is 0 Å². The fourth-order valence-electron chi connectivity index (χ4n) is 1.97. The van der Waals surface area contributed by atoms with Crippen molar-refractivity contribution in [3.63, 3.8) is 0 Å². The number of hydrogen-bond acceptors (Lipinski definition) is 4. The van der Waals surface area contributed by atoms with Crippen LogP contribution in [0.15, 0.2) is 4.99 Å². The maximum atomic E-state index is 11.7. The Labute approximate surface area is 105 Å². The van der Waals surface area contributed by atoms with E-state index in [4.69, 9.17) is 0 Å². The molecule has 0 radical (unpaired) electrons. The van der Waals surface area contributed by atoms with E-state index < -0.39 is 0 Å². The minimum Gasteiger partial charge on any atom is -0.312 e. The topological polar surface area (TPSA) is 41.5 Å². The Hall–Kier alpha value is -0.160. The smallest absolute Gasteiger partial charge is 0.250 e. The number of aliphatic imine (C=N–C) groups is 1. The van der Waals surface area contributed by atoms with Gasteiger partial charge in [0.2, 0.25) is 5.91 Å². The lowest BCUT2D eigenvalue weighted by molar-refractivity contribution is -0.120. The molecule has 3 nitrogen and oxygen atoms in total. The molecule has 0 aliphatic carbocycles. The van der Waals surface area contributed by atoms with Gasteiger partial charge < -0.3 is 5.32 Å². The molecule has 5 heteroatoms. The molecule has 3 atom stereocenters. The molecule has 0 aromatic heterocycles. The summed E-state index contributed by atoms with van der Waals surface area (Å²) >= 11 is 3.89. The van der Waals surface area contributed by atoms with Crippen LogP contribution in [0.3, 0.4) is 0 Å². The third kappa shape index (κ3) is 2.40. The summed E-state index contributed by atoms with van der Waals surface area (Å²) in [4.78, 5) is 16.3. The first-order valence-corrected chi connectivity index (χ1v) is 7.81. The molecule has 2 aliphatic heterocycles. The van der Waals surface area contributed by atoms with Crippen LogP contribution in [0.25, 0.3) is 0 Å². The van der Waals surface area contributed by atoms with E-state index in [1.807, 2.05) is 37.4 Å². The van der Waals surface area contributed by atoms with Crippen LogP contribution in [0.2, 0.25) is 0 Å². The van der Waals surface area contributed by atoms with E-state index in [0.29, 0.717) is 10.5 Å². The third-order valence-corrected chi connectivity index (χ3v) is 5.99. The van der Waals surface area contributed by atoms with Crippen molar-refractivity contribution < 1.29 is 4.79 Å². The molecule has 0 saturated carbocycles. The van der Waals surface area contributed by atoms with Gasteiger partial charge in [0, 0.05) is 16.8 Å². The Bertz CT molecular complexity index is 317. The first-order valence-electron chi connectivity index (χ1n) is 5.71. The normalized spacial score (nSPS) is 35.1. The third-order valence-electron chi connectivity index (χ3n) is 2.89. The van der Waals surface area contributed by atoms with E-state index in [1.165, 1.54) is 5.75 Å². The molecule has 1 saturated heterocycles. The second kappa shape index (κ2) is 5.00. The lowest BCUT2D eigenvalue weighted by atomic mass is 10.1. The van der Waals surface area contributed by atoms with E-state index in [2.05, 4.69) is 17.2 Å². The van der Waals surface area contributed by atoms with Gasteiger partial charge in [-0.3, -0.25) is 9.79 Å². The highest BCUT2D eigenvalue weighted by Crippen LogP contribution is 2.32. The summed E-state index contributed by atoms with van der Waals surface area (Å²) in [5.41, 5.74) is 0. The molecular formula is C11H18N2OS2. The maximum absolute atomic E-state index is 11.7. The fourth-order valence-corrected chi connectivity index (χ4v) is 4.69. The van der Waals surface area contributed by atoms with Gasteiger partial charge in [-0.1, -0.05) is 20.8 Å². The molecule has 0 bridgehead atoms. The monoisotopic (exact) mass is 258 g/mol. The van der Waals surface area contributed by atoms with Crippen molar-refractivity contribution in [3.05, 3.63) is 0 Å². The zero-order chi connectivity index (χ0) is 11.7. The number of nitrogens with one attached hydrogen (secondary N) is 1. The van der Waals surface area contributed by atoms with Gasteiger partial charge in [0.05, 0.1) is 5.25 Å². The zero-order valence-corrected chi connectivity index (χ0v) is 11.5. The Morgan fingerprint density at radius 1 is 1.38 bits per heavy atom. The maximum Gasteiger partial charge on any atom is 0.250 e. The highest BCUT2D eigenvalue weighted by molar-refractivity contribution is 8.07. The van der Waals surface area contributed by atoms with E-state index in [0.717, 1.165) is 11.6 Å². The predicted octanol–water partition coefficient (Wildman–Crippen LogP) is 1.78. The van der Waals surface area contributed by atoms with E-state index in [9.17, 15) is 4.79 Å². The number of hydrogen-bond donors (Lipinski definition) is 1. The van der Waals surface area contributed by atoms with E-state index in [1.54, 1.807) is 0 Å². The number of thioether (sulfide) groups is 2. The summed E-state index contributed by atoms with van der Waals surface area (Å²) < 4.78 is 0. The quantitative estimate of drug-likeness (QED) is 0.821. The number of rotatable bonds is 2. The van der Waals surface area contributed by atoms with Crippen molar-refractivity contribution in [1.82, 2.24) is 5.32 Å². The van der Waals surface area contributed by atoms with Crippen LogP contribution < -0.4 is 5.32 Å². The van der Waals surface area contributed by atoms with Crippen LogP contribution in [0.1, 0.15) is 20.8 Å². The largest absolute Gasteiger partial charge is 0.312 e. The molecule has 2 rings (SSSR count). The van der Waals surface area contributed by atoms with Crippen molar-refractivity contribution in [2.45, 2.75) is 37.3 Å². The van der Waals surface area contributed by atoms with Crippen LogP contribution in [0.4, 0.5) is 0 Å². The summed E-state index contributed by atoms with van der Waals surface area (Å²) in [5.74, 6) is 3.63. The van der Waals surface area contributed by atoms with Gasteiger partial charge in [0.15, 0.2) is 0 Å². The van der Waals surface area contributed by atoms with Crippen LogP contribution >= 0.6 is 23.5 Å². The van der Waals surface area contributed by atoms with E-state index in [-0.39, 0.29) is 17.9 Å². The van der Waals surface area contributed by atoms with Gasteiger partial charge in [-0.2, -0.15) is 11.8 Å². The highest BCUT2D eigenvalue weighted by Gasteiger charge is 2.35. The van der Waals surface area contributed by atoms with Gasteiger partial charge in [0.1, 0.15) is 11.9 Å². The average Bonchev–Trinajstić information content (AvgIpc) is 2.61. The second-order valence-corrected chi connectivity index (χ2v) is 7.29. The molecule has 0 spiro atoms. The Balaban J connectivity index is 2.10. The predicted molar refractivity (Wildman–Crippen MR) is 72.4 cm³/mol. The molecule has 1 amide bonds. The van der Waals surface area contributed by atoms with Crippen molar-refractivity contribution in [3.8, 4) is 0 Å². The summed E-state index contributed by atoms with van der Waals surface area (Å²) in [7, 11) is 0. The summed E-state index contributed by atoms with van der Waals surface area (Å²) in [6.07, 6.45) is 0. The van der Waals surface area contributed by atoms with Gasteiger partial charge in [0.25, 0.3) is 0 Å². The lowest BCUT2D eigenvalue weighted by Gasteiger charge is -2.27. The highest BCUT2D eigenvalue weighted by atomic mass is 32.2. The van der Waals surface area contributed by atoms with Crippen LogP contribution in [-0.2, 0) is 4.79 Å².